The fourth-order valence-corrected chi connectivity index (χ4v) is 2.27. The monoisotopic (exact) mass is 199 g/mol. The van der Waals surface area contributed by atoms with Crippen molar-refractivity contribution in [3.05, 3.63) is 0 Å². The van der Waals surface area contributed by atoms with Crippen molar-refractivity contribution in [2.75, 3.05) is 14.2 Å². The van der Waals surface area contributed by atoms with Crippen LogP contribution in [0.2, 0.25) is 0 Å². The molecule has 1 unspecified atom stereocenters. The Hall–Kier alpha value is -0.730. The number of methoxy groups -OCH3 is 1. The average Bonchev–Trinajstić information content (AvgIpc) is 2.84. The highest BCUT2D eigenvalue weighted by Crippen LogP contribution is 2.43. The van der Waals surface area contributed by atoms with Gasteiger partial charge in [0.1, 0.15) is 0 Å². The molecular weight excluding hydrogens is 178 g/mol. The number of ether oxygens (including phenoxy) is 1. The minimum absolute atomic E-state index is 0.129. The minimum Gasteiger partial charge on any atom is -0.453 e. The molecule has 1 rings (SSSR count). The summed E-state index contributed by atoms with van der Waals surface area (Å²) < 4.78 is 4.75. The first-order valence-corrected chi connectivity index (χ1v) is 5.18. The van der Waals surface area contributed by atoms with Crippen molar-refractivity contribution >= 4 is 6.09 Å². The van der Waals surface area contributed by atoms with Crippen LogP contribution in [0.3, 0.4) is 0 Å². The molecule has 0 aromatic heterocycles. The minimum atomic E-state index is -0.225. The first kappa shape index (κ1) is 11.3. The van der Waals surface area contributed by atoms with Gasteiger partial charge in [-0.1, -0.05) is 20.8 Å². The quantitative estimate of drug-likeness (QED) is 0.684. The Morgan fingerprint density at radius 1 is 1.43 bits per heavy atom. The Balaban J connectivity index is 2.72. The molecule has 0 aromatic carbocycles. The van der Waals surface area contributed by atoms with E-state index in [1.54, 1.807) is 4.90 Å². The Bertz CT molecular complexity index is 216. The maximum atomic E-state index is 11.4. The van der Waals surface area contributed by atoms with Gasteiger partial charge in [-0.2, -0.15) is 0 Å². The Labute approximate surface area is 86.4 Å². The second kappa shape index (κ2) is 3.79. The number of amides is 1. The lowest BCUT2D eigenvalue weighted by atomic mass is 9.83. The molecule has 1 aliphatic rings. The van der Waals surface area contributed by atoms with Crippen LogP contribution >= 0.6 is 0 Å². The lowest BCUT2D eigenvalue weighted by Gasteiger charge is -2.37. The summed E-state index contributed by atoms with van der Waals surface area (Å²) in [5, 5.41) is 0. The van der Waals surface area contributed by atoms with Crippen molar-refractivity contribution in [1.29, 1.82) is 0 Å². The molecule has 0 aliphatic heterocycles. The van der Waals surface area contributed by atoms with E-state index in [4.69, 9.17) is 4.74 Å². The molecule has 0 saturated heterocycles. The first-order valence-electron chi connectivity index (χ1n) is 5.18. The Kier molecular flexibility index (Phi) is 3.07. The van der Waals surface area contributed by atoms with E-state index in [-0.39, 0.29) is 11.5 Å². The average molecular weight is 199 g/mol. The number of rotatable bonds is 2. The third-order valence-corrected chi connectivity index (χ3v) is 2.84. The highest BCUT2D eigenvalue weighted by Gasteiger charge is 2.42. The molecule has 0 bridgehead atoms. The van der Waals surface area contributed by atoms with Gasteiger partial charge in [-0.15, -0.1) is 0 Å². The van der Waals surface area contributed by atoms with Crippen LogP contribution in [-0.2, 0) is 4.74 Å². The number of carbonyl (C=O) groups excluding carboxylic acids is 1. The standard InChI is InChI=1S/C11H21NO2/c1-11(2,3)9(8-6-7-8)12(4)10(13)14-5/h8-9H,6-7H2,1-5H3. The summed E-state index contributed by atoms with van der Waals surface area (Å²) in [6.07, 6.45) is 2.25. The Morgan fingerprint density at radius 2 is 1.93 bits per heavy atom. The van der Waals surface area contributed by atoms with Gasteiger partial charge in [0.15, 0.2) is 0 Å². The molecule has 0 spiro atoms. The summed E-state index contributed by atoms with van der Waals surface area (Å²) in [5.41, 5.74) is 0.129. The summed E-state index contributed by atoms with van der Waals surface area (Å²) in [7, 11) is 3.27. The summed E-state index contributed by atoms with van der Waals surface area (Å²) in [4.78, 5) is 13.2. The van der Waals surface area contributed by atoms with Crippen molar-refractivity contribution in [1.82, 2.24) is 4.90 Å². The molecule has 3 nitrogen and oxygen atoms in total. The molecule has 1 saturated carbocycles. The molecule has 14 heavy (non-hydrogen) atoms. The zero-order valence-electron chi connectivity index (χ0n) is 9.83. The van der Waals surface area contributed by atoms with E-state index in [0.717, 1.165) is 0 Å². The van der Waals surface area contributed by atoms with Crippen molar-refractivity contribution in [3.63, 3.8) is 0 Å². The number of carbonyl (C=O) groups is 1. The van der Waals surface area contributed by atoms with Crippen LogP contribution in [0.25, 0.3) is 0 Å². The normalized spacial score (nSPS) is 18.9. The predicted molar refractivity (Wildman–Crippen MR) is 56.1 cm³/mol. The molecule has 0 heterocycles. The fourth-order valence-electron chi connectivity index (χ4n) is 2.27. The Morgan fingerprint density at radius 3 is 2.21 bits per heavy atom. The fraction of sp³-hybridized carbons (Fsp3) is 0.909. The molecule has 3 heteroatoms. The van der Waals surface area contributed by atoms with Gasteiger partial charge in [0.05, 0.1) is 7.11 Å². The molecular formula is C11H21NO2. The maximum Gasteiger partial charge on any atom is 0.409 e. The van der Waals surface area contributed by atoms with Crippen molar-refractivity contribution in [3.8, 4) is 0 Å². The summed E-state index contributed by atoms with van der Waals surface area (Å²) in [6.45, 7) is 6.53. The third kappa shape index (κ3) is 2.40. The van der Waals surface area contributed by atoms with E-state index >= 15 is 0 Å². The van der Waals surface area contributed by atoms with E-state index < -0.39 is 0 Å². The molecule has 1 aliphatic carbocycles. The topological polar surface area (TPSA) is 29.5 Å². The van der Waals surface area contributed by atoms with Gasteiger partial charge in [-0.3, -0.25) is 0 Å². The van der Waals surface area contributed by atoms with E-state index in [9.17, 15) is 4.79 Å². The molecule has 0 radical (unpaired) electrons. The van der Waals surface area contributed by atoms with Crippen molar-refractivity contribution in [2.45, 2.75) is 39.7 Å². The molecule has 1 amide bonds. The van der Waals surface area contributed by atoms with Gasteiger partial charge in [-0.05, 0) is 24.2 Å². The van der Waals surface area contributed by atoms with Crippen LogP contribution in [-0.4, -0.2) is 31.2 Å². The number of hydrogen-bond acceptors (Lipinski definition) is 2. The molecule has 1 atom stereocenters. The highest BCUT2D eigenvalue weighted by atomic mass is 16.5. The maximum absolute atomic E-state index is 11.4. The highest BCUT2D eigenvalue weighted by molar-refractivity contribution is 5.67. The van der Waals surface area contributed by atoms with E-state index in [1.807, 2.05) is 7.05 Å². The van der Waals surface area contributed by atoms with Gasteiger partial charge in [-0.25, -0.2) is 4.79 Å². The lowest BCUT2D eigenvalue weighted by Crippen LogP contribution is -2.46. The van der Waals surface area contributed by atoms with Gasteiger partial charge < -0.3 is 9.64 Å². The second-order valence-electron chi connectivity index (χ2n) is 5.23. The van der Waals surface area contributed by atoms with Crippen molar-refractivity contribution < 1.29 is 9.53 Å². The number of nitrogens with zero attached hydrogens (tertiary/aromatic N) is 1. The third-order valence-electron chi connectivity index (χ3n) is 2.84. The second-order valence-corrected chi connectivity index (χ2v) is 5.23. The molecule has 1 fully saturated rings. The van der Waals surface area contributed by atoms with Crippen LogP contribution in [0, 0.1) is 11.3 Å². The zero-order chi connectivity index (χ0) is 10.9. The largest absolute Gasteiger partial charge is 0.453 e. The van der Waals surface area contributed by atoms with Crippen LogP contribution in [0.5, 0.6) is 0 Å². The van der Waals surface area contributed by atoms with E-state index in [1.165, 1.54) is 20.0 Å². The SMILES string of the molecule is COC(=O)N(C)C(C1CC1)C(C)(C)C. The molecule has 0 N–H and O–H groups in total. The molecule has 0 aromatic rings. The van der Waals surface area contributed by atoms with Gasteiger partial charge >= 0.3 is 6.09 Å². The first-order chi connectivity index (χ1) is 6.38. The zero-order valence-corrected chi connectivity index (χ0v) is 9.83. The summed E-state index contributed by atoms with van der Waals surface area (Å²) in [5.74, 6) is 0.666. The lowest BCUT2D eigenvalue weighted by molar-refractivity contribution is 0.0747. The van der Waals surface area contributed by atoms with Crippen molar-refractivity contribution in [2.24, 2.45) is 11.3 Å². The van der Waals surface area contributed by atoms with E-state index in [0.29, 0.717) is 12.0 Å². The van der Waals surface area contributed by atoms with Gasteiger partial charge in [0.25, 0.3) is 0 Å². The van der Waals surface area contributed by atoms with Crippen LogP contribution in [0.4, 0.5) is 4.79 Å². The molecule has 82 valence electrons. The van der Waals surface area contributed by atoms with E-state index in [2.05, 4.69) is 20.8 Å². The van der Waals surface area contributed by atoms with Crippen LogP contribution in [0.15, 0.2) is 0 Å². The summed E-state index contributed by atoms with van der Waals surface area (Å²) in [6, 6.07) is 0.301. The van der Waals surface area contributed by atoms with Gasteiger partial charge in [0, 0.05) is 13.1 Å². The van der Waals surface area contributed by atoms with Gasteiger partial charge in [0.2, 0.25) is 0 Å². The smallest absolute Gasteiger partial charge is 0.409 e. The summed E-state index contributed by atoms with van der Waals surface area (Å²) >= 11 is 0. The number of hydrogen-bond donors (Lipinski definition) is 0. The predicted octanol–water partition coefficient (Wildman–Crippen LogP) is 2.51. The van der Waals surface area contributed by atoms with Crippen LogP contribution in [0.1, 0.15) is 33.6 Å². The van der Waals surface area contributed by atoms with Crippen LogP contribution < -0.4 is 0 Å².